The number of pyridine rings is 1. The lowest BCUT2D eigenvalue weighted by molar-refractivity contribution is 0.0690. The monoisotopic (exact) mass is 349 g/mol. The fraction of sp³-hybridized carbons (Fsp3) is 0.667. The topological polar surface area (TPSA) is 97.1 Å². The van der Waals surface area contributed by atoms with Crippen molar-refractivity contribution in [2.75, 3.05) is 50.8 Å². The Hall–Kier alpha value is -1.70. The molecule has 3 rings (SSSR count). The molecule has 25 heavy (non-hydrogen) atoms. The number of carbonyl (C=O) groups is 1. The molecule has 0 spiro atoms. The van der Waals surface area contributed by atoms with Gasteiger partial charge >= 0.3 is 5.97 Å². The number of hydrogen-bond donors (Lipinski definition) is 3. The molecule has 2 fully saturated rings. The van der Waals surface area contributed by atoms with Crippen LogP contribution in [-0.2, 0) is 0 Å². The average Bonchev–Trinajstić information content (AvgIpc) is 3.05. The van der Waals surface area contributed by atoms with Gasteiger partial charge < -0.3 is 25.1 Å². The molecule has 3 heterocycles. The molecular weight excluding hydrogens is 322 g/mol. The number of aromatic carboxylic acids is 1. The Morgan fingerprint density at radius 1 is 1.12 bits per heavy atom. The summed E-state index contributed by atoms with van der Waals surface area (Å²) in [6, 6.07) is 5.04. The summed E-state index contributed by atoms with van der Waals surface area (Å²) in [7, 11) is 0. The van der Waals surface area contributed by atoms with Crippen LogP contribution in [0.5, 0.6) is 0 Å². The van der Waals surface area contributed by atoms with Gasteiger partial charge in [0.25, 0.3) is 0 Å². The van der Waals surface area contributed by atoms with Crippen molar-refractivity contribution in [3.63, 3.8) is 0 Å². The van der Waals surface area contributed by atoms with E-state index in [1.165, 1.54) is 6.07 Å². The van der Waals surface area contributed by atoms with Gasteiger partial charge in [0.05, 0.1) is 0 Å². The SMILES string of the molecule is O=C(O)c1cccc(N2C[C@@H](CN3CCC(CO)CC3)[C@@H](CO)C2)n1. The Balaban J connectivity index is 1.62. The Morgan fingerprint density at radius 3 is 2.48 bits per heavy atom. The molecule has 138 valence electrons. The van der Waals surface area contributed by atoms with Gasteiger partial charge in [-0.3, -0.25) is 0 Å². The maximum atomic E-state index is 11.1. The molecule has 7 heteroatoms. The van der Waals surface area contributed by atoms with Crippen LogP contribution < -0.4 is 4.90 Å². The first-order valence-electron chi connectivity index (χ1n) is 9.00. The first kappa shape index (κ1) is 18.1. The lowest BCUT2D eigenvalue weighted by atomic mass is 9.93. The number of likely N-dealkylation sites (tertiary alicyclic amines) is 1. The van der Waals surface area contributed by atoms with Crippen molar-refractivity contribution < 1.29 is 20.1 Å². The van der Waals surface area contributed by atoms with Crippen molar-refractivity contribution in [3.8, 4) is 0 Å². The summed E-state index contributed by atoms with van der Waals surface area (Å²) >= 11 is 0. The van der Waals surface area contributed by atoms with Gasteiger partial charge in [-0.25, -0.2) is 9.78 Å². The van der Waals surface area contributed by atoms with E-state index < -0.39 is 5.97 Å². The minimum absolute atomic E-state index is 0.0487. The highest BCUT2D eigenvalue weighted by Crippen LogP contribution is 2.29. The van der Waals surface area contributed by atoms with Crippen LogP contribution in [0.3, 0.4) is 0 Å². The molecule has 1 aromatic rings. The van der Waals surface area contributed by atoms with Crippen LogP contribution in [0.2, 0.25) is 0 Å². The molecule has 2 saturated heterocycles. The number of aromatic nitrogens is 1. The van der Waals surface area contributed by atoms with Crippen molar-refractivity contribution >= 4 is 11.8 Å². The maximum absolute atomic E-state index is 11.1. The number of aliphatic hydroxyl groups is 2. The summed E-state index contributed by atoms with van der Waals surface area (Å²) < 4.78 is 0. The van der Waals surface area contributed by atoms with E-state index >= 15 is 0 Å². The molecule has 0 bridgehead atoms. The van der Waals surface area contributed by atoms with E-state index in [4.69, 9.17) is 5.11 Å². The van der Waals surface area contributed by atoms with E-state index in [1.54, 1.807) is 6.07 Å². The minimum Gasteiger partial charge on any atom is -0.477 e. The van der Waals surface area contributed by atoms with Crippen LogP contribution in [0.1, 0.15) is 23.3 Å². The molecule has 0 saturated carbocycles. The standard InChI is InChI=1S/C18H27N3O4/c22-11-13-4-6-20(7-5-13)8-14-9-21(10-15(14)12-23)17-3-1-2-16(19-17)18(24)25/h1-3,13-15,22-23H,4-12H2,(H,24,25)/t14-,15-/m1/s1. The normalized spacial score (nSPS) is 25.4. The quantitative estimate of drug-likeness (QED) is 0.689. The summed E-state index contributed by atoms with van der Waals surface area (Å²) in [4.78, 5) is 19.9. The molecule has 1 aromatic heterocycles. The van der Waals surface area contributed by atoms with Crippen LogP contribution in [0.25, 0.3) is 0 Å². The van der Waals surface area contributed by atoms with Gasteiger partial charge in [-0.05, 0) is 49.9 Å². The zero-order valence-corrected chi connectivity index (χ0v) is 14.4. The molecule has 0 unspecified atom stereocenters. The molecule has 3 N–H and O–H groups in total. The number of piperidine rings is 1. The predicted molar refractivity (Wildman–Crippen MR) is 93.7 cm³/mol. The average molecular weight is 349 g/mol. The first-order valence-corrected chi connectivity index (χ1v) is 9.00. The number of carboxylic acid groups (broad SMARTS) is 1. The Labute approximate surface area is 147 Å². The van der Waals surface area contributed by atoms with Gasteiger partial charge in [-0.15, -0.1) is 0 Å². The second-order valence-electron chi connectivity index (χ2n) is 7.22. The van der Waals surface area contributed by atoms with Crippen molar-refractivity contribution in [2.24, 2.45) is 17.8 Å². The summed E-state index contributed by atoms with van der Waals surface area (Å²) in [6.45, 7) is 4.80. The van der Waals surface area contributed by atoms with E-state index in [9.17, 15) is 15.0 Å². The molecule has 0 aliphatic carbocycles. The van der Waals surface area contributed by atoms with Gasteiger partial charge in [-0.2, -0.15) is 0 Å². The Morgan fingerprint density at radius 2 is 1.84 bits per heavy atom. The summed E-state index contributed by atoms with van der Waals surface area (Å²) in [6.07, 6.45) is 2.05. The van der Waals surface area contributed by atoms with Crippen molar-refractivity contribution in [3.05, 3.63) is 23.9 Å². The zero-order chi connectivity index (χ0) is 17.8. The van der Waals surface area contributed by atoms with Crippen LogP contribution in [-0.4, -0.2) is 77.1 Å². The number of aliphatic hydroxyl groups excluding tert-OH is 2. The lowest BCUT2D eigenvalue weighted by Gasteiger charge is -2.33. The summed E-state index contributed by atoms with van der Waals surface area (Å²) in [5.74, 6) is 0.577. The van der Waals surface area contributed by atoms with Crippen molar-refractivity contribution in [1.82, 2.24) is 9.88 Å². The number of rotatable bonds is 6. The third kappa shape index (κ3) is 4.29. The minimum atomic E-state index is -1.02. The first-order chi connectivity index (χ1) is 12.1. The van der Waals surface area contributed by atoms with E-state index in [-0.39, 0.29) is 24.8 Å². The van der Waals surface area contributed by atoms with Gasteiger partial charge in [0.2, 0.25) is 0 Å². The smallest absolute Gasteiger partial charge is 0.354 e. The third-order valence-corrected chi connectivity index (χ3v) is 5.55. The van der Waals surface area contributed by atoms with E-state index in [0.717, 1.165) is 39.0 Å². The van der Waals surface area contributed by atoms with E-state index in [0.29, 0.717) is 24.2 Å². The van der Waals surface area contributed by atoms with Crippen LogP contribution in [0, 0.1) is 17.8 Å². The number of nitrogens with zero attached hydrogens (tertiary/aromatic N) is 3. The van der Waals surface area contributed by atoms with E-state index in [2.05, 4.69) is 14.8 Å². The molecule has 2 aliphatic heterocycles. The van der Waals surface area contributed by atoms with Crippen molar-refractivity contribution in [2.45, 2.75) is 12.8 Å². The second kappa shape index (κ2) is 8.12. The van der Waals surface area contributed by atoms with Crippen LogP contribution >= 0.6 is 0 Å². The van der Waals surface area contributed by atoms with Gasteiger partial charge in [0.15, 0.2) is 5.69 Å². The molecule has 0 aromatic carbocycles. The number of anilines is 1. The zero-order valence-electron chi connectivity index (χ0n) is 14.4. The highest BCUT2D eigenvalue weighted by molar-refractivity contribution is 5.85. The van der Waals surface area contributed by atoms with Gasteiger partial charge in [-0.1, -0.05) is 6.07 Å². The second-order valence-corrected chi connectivity index (χ2v) is 7.22. The fourth-order valence-corrected chi connectivity index (χ4v) is 3.94. The highest BCUT2D eigenvalue weighted by atomic mass is 16.4. The molecule has 0 amide bonds. The van der Waals surface area contributed by atoms with Crippen LogP contribution in [0.4, 0.5) is 5.82 Å². The Bertz CT molecular complexity index is 589. The number of hydrogen-bond acceptors (Lipinski definition) is 6. The lowest BCUT2D eigenvalue weighted by Crippen LogP contribution is -2.40. The summed E-state index contributed by atoms with van der Waals surface area (Å²) in [5, 5.41) is 28.1. The number of carboxylic acids is 1. The predicted octanol–water partition coefficient (Wildman–Crippen LogP) is 0.529. The molecule has 0 radical (unpaired) electrons. The Kier molecular flexibility index (Phi) is 5.88. The molecule has 2 atom stereocenters. The molecular formula is C18H27N3O4. The summed E-state index contributed by atoms with van der Waals surface area (Å²) in [5.41, 5.74) is 0.0487. The fourth-order valence-electron chi connectivity index (χ4n) is 3.94. The van der Waals surface area contributed by atoms with Gasteiger partial charge in [0, 0.05) is 38.8 Å². The highest BCUT2D eigenvalue weighted by Gasteiger charge is 2.35. The molecule has 7 nitrogen and oxygen atoms in total. The maximum Gasteiger partial charge on any atom is 0.354 e. The third-order valence-electron chi connectivity index (χ3n) is 5.55. The van der Waals surface area contributed by atoms with Crippen LogP contribution in [0.15, 0.2) is 18.2 Å². The van der Waals surface area contributed by atoms with E-state index in [1.807, 2.05) is 6.07 Å². The largest absolute Gasteiger partial charge is 0.477 e. The van der Waals surface area contributed by atoms with Crippen molar-refractivity contribution in [1.29, 1.82) is 0 Å². The molecule has 2 aliphatic rings. The van der Waals surface area contributed by atoms with Gasteiger partial charge in [0.1, 0.15) is 5.82 Å².